The minimum Gasteiger partial charge on any atom is -0.342 e. The van der Waals surface area contributed by atoms with Crippen molar-refractivity contribution >= 4 is 33.2 Å². The molecule has 0 radical (unpaired) electrons. The molecule has 1 saturated heterocycles. The van der Waals surface area contributed by atoms with Gasteiger partial charge >= 0.3 is 0 Å². The van der Waals surface area contributed by atoms with Crippen molar-refractivity contribution < 1.29 is 22.4 Å². The lowest BCUT2D eigenvalue weighted by Gasteiger charge is -2.30. The predicted molar refractivity (Wildman–Crippen MR) is 139 cm³/mol. The molecule has 0 bridgehead atoms. The topological polar surface area (TPSA) is 86.8 Å². The van der Waals surface area contributed by atoms with Gasteiger partial charge in [0.25, 0.3) is 10.0 Å². The van der Waals surface area contributed by atoms with Crippen molar-refractivity contribution in [3.05, 3.63) is 89.7 Å². The summed E-state index contributed by atoms with van der Waals surface area (Å²) < 4.78 is 41.2. The van der Waals surface area contributed by atoms with Crippen LogP contribution in [0.15, 0.2) is 77.7 Å². The Morgan fingerprint density at radius 3 is 2.49 bits per heavy atom. The molecule has 2 aliphatic rings. The van der Waals surface area contributed by atoms with Gasteiger partial charge in [0.05, 0.1) is 16.5 Å². The van der Waals surface area contributed by atoms with Gasteiger partial charge in [-0.2, -0.15) is 0 Å². The highest BCUT2D eigenvalue weighted by Gasteiger charge is 2.34. The summed E-state index contributed by atoms with van der Waals surface area (Å²) in [7, 11) is -3.73. The second kappa shape index (κ2) is 10.3. The zero-order chi connectivity index (χ0) is 26.0. The summed E-state index contributed by atoms with van der Waals surface area (Å²) in [4.78, 5) is 27.1. The quantitative estimate of drug-likeness (QED) is 0.509. The fraction of sp³-hybridized carbons (Fsp3) is 0.286. The number of carbonyl (C=O) groups is 2. The van der Waals surface area contributed by atoms with Gasteiger partial charge in [0, 0.05) is 31.7 Å². The van der Waals surface area contributed by atoms with Crippen molar-refractivity contribution in [2.45, 2.75) is 30.6 Å². The third-order valence-corrected chi connectivity index (χ3v) is 8.77. The molecular formula is C28H28FN3O4S. The molecular weight excluding hydrogens is 493 g/mol. The molecule has 1 unspecified atom stereocenters. The Hall–Kier alpha value is -3.72. The molecule has 3 aromatic rings. The van der Waals surface area contributed by atoms with E-state index in [4.69, 9.17) is 0 Å². The van der Waals surface area contributed by atoms with Crippen molar-refractivity contribution in [2.24, 2.45) is 5.92 Å². The maximum absolute atomic E-state index is 13.3. The van der Waals surface area contributed by atoms with Crippen LogP contribution in [0.5, 0.6) is 0 Å². The highest BCUT2D eigenvalue weighted by Crippen LogP contribution is 2.32. The number of nitrogens with one attached hydrogen (secondary N) is 1. The van der Waals surface area contributed by atoms with Crippen molar-refractivity contribution in [1.29, 1.82) is 0 Å². The van der Waals surface area contributed by atoms with E-state index in [0.29, 0.717) is 37.4 Å². The standard InChI is InChI=1S/C28H28FN3O4S/c29-23-9-7-20(8-10-23)15-17-31-19-22(18-27(31)33)28(34)30-24-11-13-25(14-12-24)37(35,36)32-16-3-5-21-4-1-2-6-26(21)32/h1-2,4,6-14,22H,3,5,15-19H2,(H,30,34). The molecule has 0 spiro atoms. The number of benzene rings is 3. The Morgan fingerprint density at radius 2 is 1.73 bits per heavy atom. The lowest BCUT2D eigenvalue weighted by Crippen LogP contribution is -2.35. The third-order valence-electron chi connectivity index (χ3n) is 6.95. The highest BCUT2D eigenvalue weighted by molar-refractivity contribution is 7.92. The number of fused-ring (bicyclic) bond motifs is 1. The van der Waals surface area contributed by atoms with Crippen LogP contribution in [0.4, 0.5) is 15.8 Å². The average Bonchev–Trinajstić information content (AvgIpc) is 3.29. The minimum absolute atomic E-state index is 0.0921. The van der Waals surface area contributed by atoms with Crippen molar-refractivity contribution in [1.82, 2.24) is 4.90 Å². The number of hydrogen-bond donors (Lipinski definition) is 1. The molecule has 2 heterocycles. The van der Waals surface area contributed by atoms with E-state index in [1.54, 1.807) is 29.2 Å². The van der Waals surface area contributed by atoms with Gasteiger partial charge in [0.15, 0.2) is 0 Å². The van der Waals surface area contributed by atoms with Gasteiger partial charge in [-0.25, -0.2) is 12.8 Å². The van der Waals surface area contributed by atoms with Crippen LogP contribution < -0.4 is 9.62 Å². The molecule has 2 aliphatic heterocycles. The normalized spacial score (nSPS) is 17.5. The number of aryl methyl sites for hydroxylation is 1. The SMILES string of the molecule is O=C(Nc1ccc(S(=O)(=O)N2CCCc3ccccc32)cc1)C1CC(=O)N(CCc2ccc(F)cc2)C1. The van der Waals surface area contributed by atoms with E-state index in [9.17, 15) is 22.4 Å². The Labute approximate surface area is 216 Å². The summed E-state index contributed by atoms with van der Waals surface area (Å²) in [6.07, 6.45) is 2.31. The van der Waals surface area contributed by atoms with Crippen LogP contribution in [-0.2, 0) is 32.5 Å². The molecule has 0 aromatic heterocycles. The molecule has 1 fully saturated rings. The monoisotopic (exact) mass is 521 g/mol. The van der Waals surface area contributed by atoms with Gasteiger partial charge in [-0.05, 0) is 72.9 Å². The van der Waals surface area contributed by atoms with E-state index >= 15 is 0 Å². The summed E-state index contributed by atoms with van der Waals surface area (Å²) in [6.45, 7) is 1.19. The number of amides is 2. The second-order valence-electron chi connectivity index (χ2n) is 9.44. The van der Waals surface area contributed by atoms with Gasteiger partial charge in [0.1, 0.15) is 5.82 Å². The van der Waals surface area contributed by atoms with Gasteiger partial charge in [-0.15, -0.1) is 0 Å². The molecule has 9 heteroatoms. The molecule has 2 amide bonds. The first-order valence-corrected chi connectivity index (χ1v) is 13.8. The maximum Gasteiger partial charge on any atom is 0.264 e. The summed E-state index contributed by atoms with van der Waals surface area (Å²) >= 11 is 0. The van der Waals surface area contributed by atoms with Crippen LogP contribution in [0.1, 0.15) is 24.0 Å². The number of carbonyl (C=O) groups excluding carboxylic acids is 2. The Morgan fingerprint density at radius 1 is 1.00 bits per heavy atom. The largest absolute Gasteiger partial charge is 0.342 e. The molecule has 192 valence electrons. The van der Waals surface area contributed by atoms with E-state index in [1.807, 2.05) is 24.3 Å². The predicted octanol–water partition coefficient (Wildman–Crippen LogP) is 4.00. The molecule has 0 aliphatic carbocycles. The summed E-state index contributed by atoms with van der Waals surface area (Å²) in [5.74, 6) is -1.17. The summed E-state index contributed by atoms with van der Waals surface area (Å²) in [5, 5.41) is 2.81. The fourth-order valence-corrected chi connectivity index (χ4v) is 6.45. The Bertz CT molecular complexity index is 1410. The van der Waals surface area contributed by atoms with Gasteiger partial charge in [0.2, 0.25) is 11.8 Å². The number of nitrogens with zero attached hydrogens (tertiary/aromatic N) is 2. The highest BCUT2D eigenvalue weighted by atomic mass is 32.2. The molecule has 1 atom stereocenters. The molecule has 7 nitrogen and oxygen atoms in total. The first kappa shape index (κ1) is 25.0. The third kappa shape index (κ3) is 5.36. The van der Waals surface area contributed by atoms with E-state index < -0.39 is 15.9 Å². The summed E-state index contributed by atoms with van der Waals surface area (Å²) in [5.41, 5.74) is 3.12. The number of anilines is 2. The molecule has 5 rings (SSSR count). The number of rotatable bonds is 7. The number of likely N-dealkylation sites (tertiary alicyclic amines) is 1. The first-order valence-electron chi connectivity index (χ1n) is 12.3. The van der Waals surface area contributed by atoms with Crippen LogP contribution in [-0.4, -0.2) is 44.8 Å². The van der Waals surface area contributed by atoms with Gasteiger partial charge in [-0.1, -0.05) is 30.3 Å². The lowest BCUT2D eigenvalue weighted by molar-refractivity contribution is -0.128. The molecule has 1 N–H and O–H groups in total. The fourth-order valence-electron chi connectivity index (χ4n) is 4.91. The smallest absolute Gasteiger partial charge is 0.264 e. The number of hydrogen-bond acceptors (Lipinski definition) is 4. The lowest BCUT2D eigenvalue weighted by atomic mass is 10.0. The van der Waals surface area contributed by atoms with E-state index in [-0.39, 0.29) is 28.9 Å². The van der Waals surface area contributed by atoms with Crippen LogP contribution in [0.3, 0.4) is 0 Å². The van der Waals surface area contributed by atoms with E-state index in [0.717, 1.165) is 24.0 Å². The maximum atomic E-state index is 13.3. The number of sulfonamides is 1. The van der Waals surface area contributed by atoms with Crippen molar-refractivity contribution in [3.8, 4) is 0 Å². The van der Waals surface area contributed by atoms with E-state index in [1.165, 1.54) is 28.6 Å². The van der Waals surface area contributed by atoms with Crippen molar-refractivity contribution in [2.75, 3.05) is 29.3 Å². The molecule has 3 aromatic carbocycles. The zero-order valence-electron chi connectivity index (χ0n) is 20.3. The van der Waals surface area contributed by atoms with Crippen LogP contribution in [0.2, 0.25) is 0 Å². The average molecular weight is 522 g/mol. The Kier molecular flexibility index (Phi) is 6.97. The van der Waals surface area contributed by atoms with Crippen LogP contribution in [0.25, 0.3) is 0 Å². The van der Waals surface area contributed by atoms with Crippen molar-refractivity contribution in [3.63, 3.8) is 0 Å². The first-order chi connectivity index (χ1) is 17.8. The second-order valence-corrected chi connectivity index (χ2v) is 11.3. The molecule has 37 heavy (non-hydrogen) atoms. The molecule has 0 saturated carbocycles. The van der Waals surface area contributed by atoms with Gasteiger partial charge in [-0.3, -0.25) is 13.9 Å². The number of halogens is 1. The minimum atomic E-state index is -3.73. The van der Waals surface area contributed by atoms with Gasteiger partial charge < -0.3 is 10.2 Å². The van der Waals surface area contributed by atoms with Crippen LogP contribution >= 0.6 is 0 Å². The van der Waals surface area contributed by atoms with E-state index in [2.05, 4.69) is 5.32 Å². The number of para-hydroxylation sites is 1. The Balaban J connectivity index is 1.20. The summed E-state index contributed by atoms with van der Waals surface area (Å²) in [6, 6.07) is 19.8. The van der Waals surface area contributed by atoms with Crippen LogP contribution in [0, 0.1) is 11.7 Å². The zero-order valence-corrected chi connectivity index (χ0v) is 21.1.